The van der Waals surface area contributed by atoms with Crippen molar-refractivity contribution in [1.29, 1.82) is 0 Å². The summed E-state index contributed by atoms with van der Waals surface area (Å²) < 4.78 is 0. The molecule has 0 aliphatic carbocycles. The quantitative estimate of drug-likeness (QED) is 0.825. The fraction of sp³-hybridized carbons (Fsp3) is 0.375. The number of nitrogen functional groups attached to an aromatic ring is 1. The van der Waals surface area contributed by atoms with Crippen LogP contribution in [-0.4, -0.2) is 23.5 Å². The smallest absolute Gasteiger partial charge is 0.222 e. The first-order valence-corrected chi connectivity index (χ1v) is 7.26. The van der Waals surface area contributed by atoms with E-state index in [-0.39, 0.29) is 11.8 Å². The molecule has 0 saturated carbocycles. The summed E-state index contributed by atoms with van der Waals surface area (Å²) >= 11 is 0. The number of hydrogen-bond acceptors (Lipinski definition) is 4. The number of hydrogen-bond donors (Lipinski definition) is 2. The van der Waals surface area contributed by atoms with Gasteiger partial charge in [-0.2, -0.15) is 0 Å². The van der Waals surface area contributed by atoms with Crippen molar-refractivity contribution in [3.63, 3.8) is 0 Å². The normalized spacial score (nSPS) is 22.4. The molecule has 0 radical (unpaired) electrons. The Labute approximate surface area is 123 Å². The van der Waals surface area contributed by atoms with E-state index in [1.54, 1.807) is 12.4 Å². The zero-order valence-electron chi connectivity index (χ0n) is 12.1. The number of pyridine rings is 1. The molecule has 1 aromatic carbocycles. The fourth-order valence-electron chi connectivity index (χ4n) is 3.11. The summed E-state index contributed by atoms with van der Waals surface area (Å²) in [7, 11) is 0. The second-order valence-electron chi connectivity index (χ2n) is 5.77. The van der Waals surface area contributed by atoms with Gasteiger partial charge in [-0.1, -0.05) is 6.07 Å². The van der Waals surface area contributed by atoms with Gasteiger partial charge in [0.1, 0.15) is 0 Å². The Morgan fingerprint density at radius 1 is 1.33 bits per heavy atom. The van der Waals surface area contributed by atoms with Gasteiger partial charge >= 0.3 is 0 Å². The van der Waals surface area contributed by atoms with Crippen molar-refractivity contribution < 1.29 is 4.79 Å². The largest absolute Gasteiger partial charge is 0.397 e. The fourth-order valence-corrected chi connectivity index (χ4v) is 3.11. The maximum absolute atomic E-state index is 11.5. The van der Waals surface area contributed by atoms with Crippen LogP contribution in [0.25, 0.3) is 10.8 Å². The van der Waals surface area contributed by atoms with Crippen molar-refractivity contribution in [2.45, 2.75) is 25.8 Å². The Kier molecular flexibility index (Phi) is 3.41. The zero-order valence-corrected chi connectivity index (χ0v) is 12.1. The van der Waals surface area contributed by atoms with Gasteiger partial charge in [0, 0.05) is 35.8 Å². The van der Waals surface area contributed by atoms with Crippen LogP contribution in [0.3, 0.4) is 0 Å². The van der Waals surface area contributed by atoms with Crippen LogP contribution in [0.5, 0.6) is 0 Å². The number of primary amides is 1. The molecule has 21 heavy (non-hydrogen) atoms. The van der Waals surface area contributed by atoms with Gasteiger partial charge in [0.15, 0.2) is 0 Å². The summed E-state index contributed by atoms with van der Waals surface area (Å²) in [5, 5.41) is 2.02. The van der Waals surface area contributed by atoms with Gasteiger partial charge < -0.3 is 16.4 Å². The number of nitrogens with two attached hydrogens (primary N) is 2. The van der Waals surface area contributed by atoms with Crippen molar-refractivity contribution in [2.24, 2.45) is 11.7 Å². The molecule has 2 heterocycles. The van der Waals surface area contributed by atoms with Gasteiger partial charge in [0.25, 0.3) is 0 Å². The standard InChI is InChI=1S/C16H20N4O/c1-10-2-3-12(16(18)21)9-20(10)14-5-4-11-8-19-7-6-13(11)15(14)17/h4-8,10,12H,2-3,9,17H2,1H3,(H2,18,21). The molecule has 4 N–H and O–H groups in total. The van der Waals surface area contributed by atoms with Crippen molar-refractivity contribution >= 4 is 28.1 Å². The highest BCUT2D eigenvalue weighted by Gasteiger charge is 2.29. The summed E-state index contributed by atoms with van der Waals surface area (Å²) in [5.74, 6) is -0.329. The third-order valence-corrected chi connectivity index (χ3v) is 4.43. The van der Waals surface area contributed by atoms with Crippen LogP contribution in [-0.2, 0) is 4.79 Å². The van der Waals surface area contributed by atoms with Gasteiger partial charge in [0.2, 0.25) is 5.91 Å². The van der Waals surface area contributed by atoms with Crippen LogP contribution < -0.4 is 16.4 Å². The lowest BCUT2D eigenvalue weighted by molar-refractivity contribution is -0.122. The predicted octanol–water partition coefficient (Wildman–Crippen LogP) is 1.91. The number of carbonyl (C=O) groups excluding carboxylic acids is 1. The summed E-state index contributed by atoms with van der Waals surface area (Å²) in [6.07, 6.45) is 5.35. The molecule has 1 aliphatic rings. The minimum Gasteiger partial charge on any atom is -0.397 e. The Hall–Kier alpha value is -2.30. The molecule has 2 aromatic rings. The number of benzene rings is 1. The minimum atomic E-state index is -0.226. The van der Waals surface area contributed by atoms with E-state index in [1.807, 2.05) is 18.2 Å². The maximum atomic E-state index is 11.5. The molecule has 0 bridgehead atoms. The first-order chi connectivity index (χ1) is 10.1. The molecule has 1 fully saturated rings. The minimum absolute atomic E-state index is 0.103. The lowest BCUT2D eigenvalue weighted by Crippen LogP contribution is -2.46. The average molecular weight is 284 g/mol. The first kappa shape index (κ1) is 13.7. The van der Waals surface area contributed by atoms with Crippen molar-refractivity contribution in [2.75, 3.05) is 17.2 Å². The first-order valence-electron chi connectivity index (χ1n) is 7.26. The lowest BCUT2D eigenvalue weighted by Gasteiger charge is -2.39. The van der Waals surface area contributed by atoms with E-state index in [9.17, 15) is 4.79 Å². The van der Waals surface area contributed by atoms with Crippen LogP contribution in [0, 0.1) is 5.92 Å². The monoisotopic (exact) mass is 284 g/mol. The molecule has 1 saturated heterocycles. The van der Waals surface area contributed by atoms with E-state index in [0.717, 1.165) is 35.0 Å². The van der Waals surface area contributed by atoms with E-state index >= 15 is 0 Å². The topological polar surface area (TPSA) is 85.2 Å². The Morgan fingerprint density at radius 2 is 2.14 bits per heavy atom. The van der Waals surface area contributed by atoms with Crippen LogP contribution in [0.1, 0.15) is 19.8 Å². The van der Waals surface area contributed by atoms with E-state index in [2.05, 4.69) is 16.8 Å². The highest BCUT2D eigenvalue weighted by Crippen LogP contribution is 2.35. The number of fused-ring (bicyclic) bond motifs is 1. The molecular formula is C16H20N4O. The number of aromatic nitrogens is 1. The Balaban J connectivity index is 2.02. The number of nitrogens with zero attached hydrogens (tertiary/aromatic N) is 2. The molecule has 5 nitrogen and oxygen atoms in total. The van der Waals surface area contributed by atoms with Crippen molar-refractivity contribution in [1.82, 2.24) is 4.98 Å². The van der Waals surface area contributed by atoms with Crippen LogP contribution in [0.2, 0.25) is 0 Å². The second kappa shape index (κ2) is 5.24. The Bertz CT molecular complexity index is 685. The van der Waals surface area contributed by atoms with E-state index in [0.29, 0.717) is 12.6 Å². The van der Waals surface area contributed by atoms with Crippen LogP contribution in [0.4, 0.5) is 11.4 Å². The Morgan fingerprint density at radius 3 is 2.90 bits per heavy atom. The third kappa shape index (κ3) is 2.39. The average Bonchev–Trinajstić information content (AvgIpc) is 2.49. The molecule has 110 valence electrons. The summed E-state index contributed by atoms with van der Waals surface area (Å²) in [6.45, 7) is 2.80. The summed E-state index contributed by atoms with van der Waals surface area (Å²) in [5.41, 5.74) is 13.5. The van der Waals surface area contributed by atoms with Gasteiger partial charge in [-0.3, -0.25) is 9.78 Å². The second-order valence-corrected chi connectivity index (χ2v) is 5.77. The van der Waals surface area contributed by atoms with E-state index in [1.165, 1.54) is 0 Å². The number of carbonyl (C=O) groups is 1. The molecule has 2 unspecified atom stereocenters. The van der Waals surface area contributed by atoms with E-state index in [4.69, 9.17) is 11.5 Å². The third-order valence-electron chi connectivity index (χ3n) is 4.43. The van der Waals surface area contributed by atoms with E-state index < -0.39 is 0 Å². The van der Waals surface area contributed by atoms with Crippen molar-refractivity contribution in [3.8, 4) is 0 Å². The van der Waals surface area contributed by atoms with Gasteiger partial charge in [-0.05, 0) is 31.9 Å². The molecule has 0 spiro atoms. The lowest BCUT2D eigenvalue weighted by atomic mass is 9.92. The summed E-state index contributed by atoms with van der Waals surface area (Å²) in [4.78, 5) is 17.8. The van der Waals surface area contributed by atoms with Gasteiger partial charge in [0.05, 0.1) is 17.3 Å². The van der Waals surface area contributed by atoms with Gasteiger partial charge in [-0.25, -0.2) is 0 Å². The number of rotatable bonds is 2. The van der Waals surface area contributed by atoms with Crippen molar-refractivity contribution in [3.05, 3.63) is 30.6 Å². The number of amides is 1. The zero-order chi connectivity index (χ0) is 15.0. The van der Waals surface area contributed by atoms with Crippen LogP contribution >= 0.6 is 0 Å². The molecule has 1 aliphatic heterocycles. The molecule has 1 amide bonds. The molecule has 2 atom stereocenters. The van der Waals surface area contributed by atoms with Gasteiger partial charge in [-0.15, -0.1) is 0 Å². The van der Waals surface area contributed by atoms with Crippen LogP contribution in [0.15, 0.2) is 30.6 Å². The maximum Gasteiger partial charge on any atom is 0.222 e. The number of piperidine rings is 1. The predicted molar refractivity (Wildman–Crippen MR) is 84.9 cm³/mol. The molecule has 5 heteroatoms. The number of anilines is 2. The SMILES string of the molecule is CC1CCC(C(N)=O)CN1c1ccc2cnccc2c1N. The molecule has 3 rings (SSSR count). The molecular weight excluding hydrogens is 264 g/mol. The molecule has 1 aromatic heterocycles. The summed E-state index contributed by atoms with van der Waals surface area (Å²) in [6, 6.07) is 6.31. The highest BCUT2D eigenvalue weighted by molar-refractivity contribution is 5.98. The highest BCUT2D eigenvalue weighted by atomic mass is 16.1.